The molecule has 3 rings (SSSR count). The van der Waals surface area contributed by atoms with Gasteiger partial charge < -0.3 is 10.1 Å². The number of rotatable bonds is 7. The molecule has 1 N–H and O–H groups in total. The van der Waals surface area contributed by atoms with Crippen molar-refractivity contribution in [3.8, 4) is 5.75 Å². The number of benzene rings is 2. The molecule has 0 saturated carbocycles. The Bertz CT molecular complexity index is 969. The standard InChI is InChI=1S/C22H21FN2O4/c1-14(2)13-29-18-10-6-16(7-11-18)22(3)20(27)25(21(28)24-22)12-19(26)15-4-8-17(23)9-5-15/h4-11H,1,12-13H2,2-3H3,(H,24,28). The number of ketones is 1. The molecule has 2 aromatic carbocycles. The summed E-state index contributed by atoms with van der Waals surface area (Å²) in [5.74, 6) is -0.852. The van der Waals surface area contributed by atoms with Gasteiger partial charge in [-0.3, -0.25) is 14.5 Å². The van der Waals surface area contributed by atoms with Crippen LogP contribution in [0.2, 0.25) is 0 Å². The molecule has 1 fully saturated rings. The third-order valence-electron chi connectivity index (χ3n) is 4.66. The van der Waals surface area contributed by atoms with E-state index in [4.69, 9.17) is 4.74 Å². The second kappa shape index (κ2) is 7.87. The molecule has 7 heteroatoms. The largest absolute Gasteiger partial charge is 0.489 e. The van der Waals surface area contributed by atoms with E-state index in [9.17, 15) is 18.8 Å². The molecule has 0 spiro atoms. The normalized spacial score (nSPS) is 18.5. The van der Waals surface area contributed by atoms with Gasteiger partial charge in [0.05, 0.1) is 6.54 Å². The highest BCUT2D eigenvalue weighted by Gasteiger charge is 2.49. The van der Waals surface area contributed by atoms with Crippen molar-refractivity contribution in [2.24, 2.45) is 0 Å². The van der Waals surface area contributed by atoms with E-state index < -0.39 is 35.6 Å². The zero-order valence-corrected chi connectivity index (χ0v) is 16.2. The number of carbonyl (C=O) groups excluding carboxylic acids is 3. The van der Waals surface area contributed by atoms with Gasteiger partial charge >= 0.3 is 6.03 Å². The lowest BCUT2D eigenvalue weighted by Crippen LogP contribution is -2.41. The Hall–Kier alpha value is -3.48. The Morgan fingerprint density at radius 2 is 1.76 bits per heavy atom. The number of nitrogens with one attached hydrogen (secondary N) is 1. The molecule has 6 nitrogen and oxygen atoms in total. The number of hydrogen-bond acceptors (Lipinski definition) is 4. The van der Waals surface area contributed by atoms with Crippen LogP contribution in [-0.4, -0.2) is 35.8 Å². The van der Waals surface area contributed by atoms with Crippen molar-refractivity contribution >= 4 is 17.7 Å². The first kappa shape index (κ1) is 20.3. The third-order valence-corrected chi connectivity index (χ3v) is 4.66. The summed E-state index contributed by atoms with van der Waals surface area (Å²) >= 11 is 0. The van der Waals surface area contributed by atoms with Crippen molar-refractivity contribution in [3.63, 3.8) is 0 Å². The molecule has 1 heterocycles. The van der Waals surface area contributed by atoms with Gasteiger partial charge in [0.2, 0.25) is 0 Å². The maximum absolute atomic E-state index is 13.0. The summed E-state index contributed by atoms with van der Waals surface area (Å²) in [7, 11) is 0. The average molecular weight is 396 g/mol. The Kier molecular flexibility index (Phi) is 5.50. The molecule has 0 aliphatic carbocycles. The van der Waals surface area contributed by atoms with Crippen molar-refractivity contribution in [1.82, 2.24) is 10.2 Å². The first-order chi connectivity index (χ1) is 13.7. The van der Waals surface area contributed by atoms with Crippen LogP contribution in [0.15, 0.2) is 60.7 Å². The number of Topliss-reactive ketones (excluding diaryl/α,β-unsaturated/α-hetero) is 1. The zero-order valence-electron chi connectivity index (χ0n) is 16.2. The number of nitrogens with zero attached hydrogens (tertiary/aromatic N) is 1. The van der Waals surface area contributed by atoms with Crippen LogP contribution in [-0.2, 0) is 10.3 Å². The number of imide groups is 1. The maximum Gasteiger partial charge on any atom is 0.325 e. The predicted octanol–water partition coefficient (Wildman–Crippen LogP) is 3.43. The first-order valence-corrected chi connectivity index (χ1v) is 9.01. The van der Waals surface area contributed by atoms with Crippen molar-refractivity contribution in [2.75, 3.05) is 13.2 Å². The molecule has 1 aliphatic heterocycles. The van der Waals surface area contributed by atoms with Crippen molar-refractivity contribution in [3.05, 3.63) is 77.6 Å². The molecule has 0 aromatic heterocycles. The second-order valence-electron chi connectivity index (χ2n) is 7.15. The number of ether oxygens (including phenoxy) is 1. The van der Waals surface area contributed by atoms with Crippen LogP contribution in [0.4, 0.5) is 9.18 Å². The van der Waals surface area contributed by atoms with E-state index in [0.29, 0.717) is 17.9 Å². The minimum atomic E-state index is -1.30. The van der Waals surface area contributed by atoms with Crippen LogP contribution in [0.25, 0.3) is 0 Å². The monoisotopic (exact) mass is 396 g/mol. The Balaban J connectivity index is 1.75. The fourth-order valence-electron chi connectivity index (χ4n) is 3.00. The highest BCUT2D eigenvalue weighted by Crippen LogP contribution is 2.30. The van der Waals surface area contributed by atoms with Crippen molar-refractivity contribution in [1.29, 1.82) is 0 Å². The molecule has 150 valence electrons. The van der Waals surface area contributed by atoms with Gasteiger partial charge in [-0.15, -0.1) is 0 Å². The summed E-state index contributed by atoms with van der Waals surface area (Å²) in [6, 6.07) is 11.1. The molecule has 1 unspecified atom stereocenters. The fraction of sp³-hybridized carbons (Fsp3) is 0.227. The summed E-state index contributed by atoms with van der Waals surface area (Å²) in [6.07, 6.45) is 0. The molecular weight excluding hydrogens is 375 g/mol. The van der Waals surface area contributed by atoms with Crippen molar-refractivity contribution in [2.45, 2.75) is 19.4 Å². The molecule has 0 radical (unpaired) electrons. The van der Waals surface area contributed by atoms with E-state index >= 15 is 0 Å². The quantitative estimate of drug-likeness (QED) is 0.442. The lowest BCUT2D eigenvalue weighted by atomic mass is 9.92. The smallest absolute Gasteiger partial charge is 0.325 e. The molecule has 2 aromatic rings. The van der Waals surface area contributed by atoms with Gasteiger partial charge in [-0.25, -0.2) is 9.18 Å². The third kappa shape index (κ3) is 4.18. The highest BCUT2D eigenvalue weighted by molar-refractivity contribution is 6.11. The molecule has 0 bridgehead atoms. The minimum absolute atomic E-state index is 0.222. The molecule has 1 atom stereocenters. The zero-order chi connectivity index (χ0) is 21.2. The van der Waals surface area contributed by atoms with Crippen LogP contribution in [0, 0.1) is 5.82 Å². The molecular formula is C22H21FN2O4. The van der Waals surface area contributed by atoms with Gasteiger partial charge in [-0.05, 0) is 61.4 Å². The maximum atomic E-state index is 13.0. The SMILES string of the molecule is C=C(C)COc1ccc(C2(C)NC(=O)N(CC(=O)c3ccc(F)cc3)C2=O)cc1. The summed E-state index contributed by atoms with van der Waals surface area (Å²) in [5.41, 5.74) is 0.364. The second-order valence-corrected chi connectivity index (χ2v) is 7.15. The van der Waals surface area contributed by atoms with Gasteiger partial charge in [-0.2, -0.15) is 0 Å². The number of hydrogen-bond donors (Lipinski definition) is 1. The lowest BCUT2D eigenvalue weighted by Gasteiger charge is -2.22. The van der Waals surface area contributed by atoms with Crippen molar-refractivity contribution < 1.29 is 23.5 Å². The van der Waals surface area contributed by atoms with Gasteiger partial charge in [0.1, 0.15) is 23.7 Å². The number of urea groups is 1. The summed E-state index contributed by atoms with van der Waals surface area (Å²) in [6.45, 7) is 7.16. The fourth-order valence-corrected chi connectivity index (χ4v) is 3.00. The van der Waals surface area contributed by atoms with Crippen LogP contribution in [0.3, 0.4) is 0 Å². The van der Waals surface area contributed by atoms with Crippen LogP contribution in [0.1, 0.15) is 29.8 Å². The summed E-state index contributed by atoms with van der Waals surface area (Å²) in [4.78, 5) is 38.6. The van der Waals surface area contributed by atoms with E-state index in [2.05, 4.69) is 11.9 Å². The van der Waals surface area contributed by atoms with E-state index in [1.807, 2.05) is 6.92 Å². The van der Waals surface area contributed by atoms with Gasteiger partial charge in [0.15, 0.2) is 5.78 Å². The Morgan fingerprint density at radius 1 is 1.14 bits per heavy atom. The Morgan fingerprint density at radius 3 is 2.34 bits per heavy atom. The Labute approximate surface area is 168 Å². The van der Waals surface area contributed by atoms with E-state index in [-0.39, 0.29) is 5.56 Å². The number of halogens is 1. The first-order valence-electron chi connectivity index (χ1n) is 9.01. The molecule has 29 heavy (non-hydrogen) atoms. The van der Waals surface area contributed by atoms with Gasteiger partial charge in [-0.1, -0.05) is 18.7 Å². The number of carbonyl (C=O) groups is 3. The van der Waals surface area contributed by atoms with E-state index in [1.54, 1.807) is 31.2 Å². The summed E-state index contributed by atoms with van der Waals surface area (Å²) in [5, 5.41) is 2.65. The predicted molar refractivity (Wildman–Crippen MR) is 105 cm³/mol. The summed E-state index contributed by atoms with van der Waals surface area (Å²) < 4.78 is 18.6. The number of amides is 3. The van der Waals surface area contributed by atoms with E-state index in [1.165, 1.54) is 12.1 Å². The topological polar surface area (TPSA) is 75.7 Å². The van der Waals surface area contributed by atoms with E-state index in [0.717, 1.165) is 22.6 Å². The highest BCUT2D eigenvalue weighted by atomic mass is 19.1. The van der Waals surface area contributed by atoms with Gasteiger partial charge in [0, 0.05) is 5.56 Å². The average Bonchev–Trinajstić information content (AvgIpc) is 2.91. The minimum Gasteiger partial charge on any atom is -0.489 e. The molecule has 1 aliphatic rings. The van der Waals surface area contributed by atoms with Crippen LogP contribution in [0.5, 0.6) is 5.75 Å². The van der Waals surface area contributed by atoms with Crippen LogP contribution >= 0.6 is 0 Å². The molecule has 1 saturated heterocycles. The molecule has 3 amide bonds. The van der Waals surface area contributed by atoms with Crippen LogP contribution < -0.4 is 10.1 Å². The van der Waals surface area contributed by atoms with Gasteiger partial charge in [0.25, 0.3) is 5.91 Å². The lowest BCUT2D eigenvalue weighted by molar-refractivity contribution is -0.130.